The van der Waals surface area contributed by atoms with E-state index in [4.69, 9.17) is 4.52 Å². The minimum atomic E-state index is -0.0675. The van der Waals surface area contributed by atoms with Crippen LogP contribution in [0.2, 0.25) is 0 Å². The first-order valence-electron chi connectivity index (χ1n) is 5.56. The van der Waals surface area contributed by atoms with E-state index in [2.05, 4.69) is 10.5 Å². The standard InChI is InChI=1S/C11H17N3O2/c1-7-4-10(16-13-7)11(15)14-8(2)5-12-6-9(14)3/h4,8-9,12H,5-6H2,1-3H3. The van der Waals surface area contributed by atoms with Gasteiger partial charge in [0.2, 0.25) is 5.76 Å². The third-order valence-electron chi connectivity index (χ3n) is 2.90. The van der Waals surface area contributed by atoms with Crippen molar-refractivity contribution in [1.82, 2.24) is 15.4 Å². The summed E-state index contributed by atoms with van der Waals surface area (Å²) in [5.41, 5.74) is 0.735. The molecule has 1 aromatic rings. The predicted molar refractivity (Wildman–Crippen MR) is 59.2 cm³/mol. The van der Waals surface area contributed by atoms with Crippen molar-refractivity contribution < 1.29 is 9.32 Å². The normalized spacial score (nSPS) is 25.8. The Morgan fingerprint density at radius 1 is 1.50 bits per heavy atom. The van der Waals surface area contributed by atoms with E-state index in [0.717, 1.165) is 18.8 Å². The zero-order valence-electron chi connectivity index (χ0n) is 9.86. The van der Waals surface area contributed by atoms with Gasteiger partial charge in [0.1, 0.15) is 0 Å². The zero-order valence-corrected chi connectivity index (χ0v) is 9.86. The van der Waals surface area contributed by atoms with Crippen LogP contribution in [0.5, 0.6) is 0 Å². The maximum absolute atomic E-state index is 12.2. The molecule has 1 fully saturated rings. The highest BCUT2D eigenvalue weighted by molar-refractivity contribution is 5.92. The van der Waals surface area contributed by atoms with Crippen LogP contribution in [0.4, 0.5) is 0 Å². The third kappa shape index (κ3) is 1.95. The van der Waals surface area contributed by atoms with Crippen LogP contribution in [0.15, 0.2) is 10.6 Å². The fraction of sp³-hybridized carbons (Fsp3) is 0.636. The number of amides is 1. The molecule has 2 atom stereocenters. The Labute approximate surface area is 94.8 Å². The van der Waals surface area contributed by atoms with E-state index in [0.29, 0.717) is 5.76 Å². The summed E-state index contributed by atoms with van der Waals surface area (Å²) in [6.45, 7) is 7.52. The van der Waals surface area contributed by atoms with Gasteiger partial charge >= 0.3 is 0 Å². The van der Waals surface area contributed by atoms with Crippen molar-refractivity contribution in [3.63, 3.8) is 0 Å². The Balaban J connectivity index is 2.19. The van der Waals surface area contributed by atoms with Crippen LogP contribution in [0.3, 0.4) is 0 Å². The summed E-state index contributed by atoms with van der Waals surface area (Å²) in [5.74, 6) is 0.264. The van der Waals surface area contributed by atoms with Gasteiger partial charge in [0.25, 0.3) is 5.91 Å². The molecule has 1 amide bonds. The number of aromatic nitrogens is 1. The van der Waals surface area contributed by atoms with Crippen molar-refractivity contribution in [2.24, 2.45) is 0 Å². The first kappa shape index (κ1) is 11.1. The van der Waals surface area contributed by atoms with E-state index >= 15 is 0 Å². The number of carbonyl (C=O) groups is 1. The average Bonchev–Trinajstić information content (AvgIpc) is 2.64. The van der Waals surface area contributed by atoms with Crippen LogP contribution in [0.1, 0.15) is 30.1 Å². The molecule has 1 aliphatic heterocycles. The van der Waals surface area contributed by atoms with Gasteiger partial charge in [0, 0.05) is 31.2 Å². The predicted octanol–water partition coefficient (Wildman–Crippen LogP) is 0.805. The average molecular weight is 223 g/mol. The highest BCUT2D eigenvalue weighted by Gasteiger charge is 2.31. The second kappa shape index (κ2) is 4.25. The zero-order chi connectivity index (χ0) is 11.7. The Morgan fingerprint density at radius 3 is 2.62 bits per heavy atom. The molecule has 0 spiro atoms. The van der Waals surface area contributed by atoms with E-state index in [1.165, 1.54) is 0 Å². The Hall–Kier alpha value is -1.36. The van der Waals surface area contributed by atoms with Crippen LogP contribution in [-0.2, 0) is 0 Å². The van der Waals surface area contributed by atoms with Crippen molar-refractivity contribution in [1.29, 1.82) is 0 Å². The summed E-state index contributed by atoms with van der Waals surface area (Å²) in [4.78, 5) is 14.1. The summed E-state index contributed by atoms with van der Waals surface area (Å²) in [6, 6.07) is 2.05. The first-order valence-corrected chi connectivity index (χ1v) is 5.56. The van der Waals surface area contributed by atoms with Gasteiger partial charge in [-0.05, 0) is 20.8 Å². The third-order valence-corrected chi connectivity index (χ3v) is 2.90. The fourth-order valence-electron chi connectivity index (χ4n) is 2.12. The monoisotopic (exact) mass is 223 g/mol. The lowest BCUT2D eigenvalue weighted by Gasteiger charge is -2.38. The molecule has 16 heavy (non-hydrogen) atoms. The van der Waals surface area contributed by atoms with Gasteiger partial charge < -0.3 is 14.7 Å². The summed E-state index contributed by atoms with van der Waals surface area (Å²) >= 11 is 0. The lowest BCUT2D eigenvalue weighted by molar-refractivity contribution is 0.0502. The number of aryl methyl sites for hydroxylation is 1. The van der Waals surface area contributed by atoms with Crippen molar-refractivity contribution in [3.8, 4) is 0 Å². The number of hydrogen-bond donors (Lipinski definition) is 1. The molecule has 1 N–H and O–H groups in total. The summed E-state index contributed by atoms with van der Waals surface area (Å²) in [6.07, 6.45) is 0. The summed E-state index contributed by atoms with van der Waals surface area (Å²) < 4.78 is 5.01. The lowest BCUT2D eigenvalue weighted by Crippen LogP contribution is -2.57. The van der Waals surface area contributed by atoms with Gasteiger partial charge in [0.15, 0.2) is 0 Å². The van der Waals surface area contributed by atoms with Gasteiger partial charge in [-0.3, -0.25) is 4.79 Å². The second-order valence-corrected chi connectivity index (χ2v) is 4.40. The molecule has 2 unspecified atom stereocenters. The molecule has 5 heteroatoms. The molecule has 2 rings (SSSR count). The van der Waals surface area contributed by atoms with Crippen molar-refractivity contribution in [3.05, 3.63) is 17.5 Å². The Bertz CT molecular complexity index is 378. The molecule has 1 saturated heterocycles. The summed E-state index contributed by atoms with van der Waals surface area (Å²) in [7, 11) is 0. The van der Waals surface area contributed by atoms with Crippen molar-refractivity contribution in [2.45, 2.75) is 32.9 Å². The fourth-order valence-corrected chi connectivity index (χ4v) is 2.12. The van der Waals surface area contributed by atoms with E-state index in [1.54, 1.807) is 6.07 Å². The largest absolute Gasteiger partial charge is 0.351 e. The number of piperazine rings is 1. The highest BCUT2D eigenvalue weighted by Crippen LogP contribution is 2.15. The number of nitrogens with one attached hydrogen (secondary N) is 1. The van der Waals surface area contributed by atoms with Crippen LogP contribution in [-0.4, -0.2) is 41.1 Å². The van der Waals surface area contributed by atoms with E-state index < -0.39 is 0 Å². The summed E-state index contributed by atoms with van der Waals surface area (Å²) in [5, 5.41) is 7.03. The lowest BCUT2D eigenvalue weighted by atomic mass is 10.1. The van der Waals surface area contributed by atoms with E-state index in [9.17, 15) is 4.79 Å². The SMILES string of the molecule is Cc1cc(C(=O)N2C(C)CNCC2C)on1. The molecule has 0 radical (unpaired) electrons. The minimum absolute atomic E-state index is 0.0675. The maximum atomic E-state index is 12.2. The van der Waals surface area contributed by atoms with Gasteiger partial charge in [-0.25, -0.2) is 0 Å². The molecule has 0 saturated carbocycles. The Kier molecular flexibility index (Phi) is 2.96. The van der Waals surface area contributed by atoms with Crippen LogP contribution in [0.25, 0.3) is 0 Å². The molecule has 0 bridgehead atoms. The molecule has 1 aromatic heterocycles. The van der Waals surface area contributed by atoms with Crippen molar-refractivity contribution in [2.75, 3.05) is 13.1 Å². The smallest absolute Gasteiger partial charge is 0.293 e. The van der Waals surface area contributed by atoms with Crippen LogP contribution in [0, 0.1) is 6.92 Å². The van der Waals surface area contributed by atoms with Gasteiger partial charge in [-0.2, -0.15) is 0 Å². The minimum Gasteiger partial charge on any atom is -0.351 e. The van der Waals surface area contributed by atoms with Crippen LogP contribution < -0.4 is 5.32 Å². The van der Waals surface area contributed by atoms with E-state index in [-0.39, 0.29) is 18.0 Å². The van der Waals surface area contributed by atoms with Gasteiger partial charge in [-0.15, -0.1) is 0 Å². The van der Waals surface area contributed by atoms with Crippen molar-refractivity contribution >= 4 is 5.91 Å². The molecular formula is C11H17N3O2. The number of carbonyl (C=O) groups excluding carboxylic acids is 1. The molecule has 88 valence electrons. The van der Waals surface area contributed by atoms with Gasteiger partial charge in [-0.1, -0.05) is 5.16 Å². The quantitative estimate of drug-likeness (QED) is 0.765. The topological polar surface area (TPSA) is 58.4 Å². The van der Waals surface area contributed by atoms with Crippen LogP contribution >= 0.6 is 0 Å². The second-order valence-electron chi connectivity index (χ2n) is 4.40. The molecule has 1 aliphatic rings. The number of nitrogens with zero attached hydrogens (tertiary/aromatic N) is 2. The highest BCUT2D eigenvalue weighted by atomic mass is 16.5. The molecule has 5 nitrogen and oxygen atoms in total. The van der Waals surface area contributed by atoms with Gasteiger partial charge in [0.05, 0.1) is 5.69 Å². The molecule has 2 heterocycles. The maximum Gasteiger partial charge on any atom is 0.293 e. The molecular weight excluding hydrogens is 206 g/mol. The first-order chi connectivity index (χ1) is 7.59. The molecule has 0 aliphatic carbocycles. The van der Waals surface area contributed by atoms with E-state index in [1.807, 2.05) is 25.7 Å². The number of rotatable bonds is 1. The molecule has 0 aromatic carbocycles. The Morgan fingerprint density at radius 2 is 2.12 bits per heavy atom. The number of hydrogen-bond acceptors (Lipinski definition) is 4.